The minimum Gasteiger partial charge on any atom is -0.356 e. The highest BCUT2D eigenvalue weighted by Gasteiger charge is 2.37. The van der Waals surface area contributed by atoms with E-state index in [2.05, 4.69) is 44.9 Å². The topological polar surface area (TPSA) is 79.3 Å². The lowest BCUT2D eigenvalue weighted by Crippen LogP contribution is -2.59. The van der Waals surface area contributed by atoms with Crippen molar-refractivity contribution in [3.63, 3.8) is 0 Å². The van der Waals surface area contributed by atoms with E-state index in [0.29, 0.717) is 13.1 Å². The molecular formula is C21H27N5O2. The molecule has 1 unspecified atom stereocenters. The monoisotopic (exact) mass is 381 g/mol. The maximum atomic E-state index is 12.5. The van der Waals surface area contributed by atoms with Crippen molar-refractivity contribution in [3.8, 4) is 0 Å². The lowest BCUT2D eigenvalue weighted by atomic mass is 10.0. The number of nitrogens with one attached hydrogen (secondary N) is 2. The van der Waals surface area contributed by atoms with Crippen LogP contribution in [0.2, 0.25) is 0 Å². The lowest BCUT2D eigenvalue weighted by Gasteiger charge is -2.38. The van der Waals surface area contributed by atoms with Gasteiger partial charge in [-0.05, 0) is 36.0 Å². The molecule has 7 nitrogen and oxygen atoms in total. The van der Waals surface area contributed by atoms with E-state index in [1.54, 1.807) is 10.9 Å². The van der Waals surface area contributed by atoms with E-state index >= 15 is 0 Å². The predicted molar refractivity (Wildman–Crippen MR) is 106 cm³/mol. The normalized spacial score (nSPS) is 20.0. The second kappa shape index (κ2) is 8.14. The number of carbonyl (C=O) groups excluding carboxylic acids is 2. The molecule has 1 saturated heterocycles. The Balaban J connectivity index is 1.34. The van der Waals surface area contributed by atoms with Crippen molar-refractivity contribution in [2.45, 2.75) is 37.8 Å². The average Bonchev–Trinajstić information content (AvgIpc) is 3.29. The van der Waals surface area contributed by atoms with Crippen molar-refractivity contribution in [2.24, 2.45) is 7.05 Å². The number of amides is 2. The Morgan fingerprint density at radius 2 is 2.04 bits per heavy atom. The maximum absolute atomic E-state index is 12.5. The van der Waals surface area contributed by atoms with Crippen molar-refractivity contribution in [1.82, 2.24) is 25.3 Å². The van der Waals surface area contributed by atoms with E-state index in [0.717, 1.165) is 31.4 Å². The largest absolute Gasteiger partial charge is 0.356 e. The van der Waals surface area contributed by atoms with Gasteiger partial charge in [0, 0.05) is 38.9 Å². The molecule has 28 heavy (non-hydrogen) atoms. The number of nitrogens with zero attached hydrogens (tertiary/aromatic N) is 3. The minimum atomic E-state index is -0.397. The van der Waals surface area contributed by atoms with Crippen LogP contribution in [-0.4, -0.2) is 58.2 Å². The summed E-state index contributed by atoms with van der Waals surface area (Å²) in [6.45, 7) is 1.98. The van der Waals surface area contributed by atoms with E-state index in [1.807, 2.05) is 13.2 Å². The fourth-order valence-corrected chi connectivity index (χ4v) is 4.34. The summed E-state index contributed by atoms with van der Waals surface area (Å²) >= 11 is 0. The van der Waals surface area contributed by atoms with E-state index in [4.69, 9.17) is 0 Å². The van der Waals surface area contributed by atoms with Gasteiger partial charge in [0.2, 0.25) is 11.8 Å². The second-order valence-corrected chi connectivity index (χ2v) is 7.70. The lowest BCUT2D eigenvalue weighted by molar-refractivity contribution is -0.135. The van der Waals surface area contributed by atoms with Gasteiger partial charge in [0.1, 0.15) is 0 Å². The molecule has 1 aromatic heterocycles. The van der Waals surface area contributed by atoms with Gasteiger partial charge in [0.05, 0.1) is 18.7 Å². The third-order valence-electron chi connectivity index (χ3n) is 5.74. The van der Waals surface area contributed by atoms with Crippen LogP contribution in [-0.2, 0) is 35.9 Å². The Morgan fingerprint density at radius 1 is 1.29 bits per heavy atom. The van der Waals surface area contributed by atoms with Gasteiger partial charge in [-0.15, -0.1) is 0 Å². The average molecular weight is 381 g/mol. The van der Waals surface area contributed by atoms with E-state index in [-0.39, 0.29) is 24.3 Å². The maximum Gasteiger partial charge on any atom is 0.237 e. The molecule has 0 radical (unpaired) electrons. The quantitative estimate of drug-likeness (QED) is 0.761. The van der Waals surface area contributed by atoms with Crippen LogP contribution in [0.1, 0.15) is 23.1 Å². The van der Waals surface area contributed by atoms with E-state index in [9.17, 15) is 9.59 Å². The van der Waals surface area contributed by atoms with Crippen molar-refractivity contribution >= 4 is 11.8 Å². The summed E-state index contributed by atoms with van der Waals surface area (Å²) < 4.78 is 1.75. The number of fused-ring (bicyclic) bond motifs is 1. The first-order valence-electron chi connectivity index (χ1n) is 9.94. The van der Waals surface area contributed by atoms with Gasteiger partial charge in [-0.3, -0.25) is 19.2 Å². The van der Waals surface area contributed by atoms with Gasteiger partial charge in [-0.1, -0.05) is 24.3 Å². The summed E-state index contributed by atoms with van der Waals surface area (Å²) in [5, 5.41) is 10.0. The molecule has 1 aliphatic carbocycles. The van der Waals surface area contributed by atoms with Crippen LogP contribution in [0.15, 0.2) is 36.7 Å². The third-order valence-corrected chi connectivity index (χ3v) is 5.74. The third kappa shape index (κ3) is 4.09. The van der Waals surface area contributed by atoms with Crippen molar-refractivity contribution in [2.75, 3.05) is 19.6 Å². The summed E-state index contributed by atoms with van der Waals surface area (Å²) in [5.41, 5.74) is 3.81. The van der Waals surface area contributed by atoms with Gasteiger partial charge < -0.3 is 10.6 Å². The molecule has 0 spiro atoms. The summed E-state index contributed by atoms with van der Waals surface area (Å²) in [5.74, 6) is -0.115. The highest BCUT2D eigenvalue weighted by atomic mass is 16.2. The van der Waals surface area contributed by atoms with Crippen LogP contribution in [0, 0.1) is 0 Å². The highest BCUT2D eigenvalue weighted by molar-refractivity contribution is 5.88. The number of piperazine rings is 1. The summed E-state index contributed by atoms with van der Waals surface area (Å²) in [7, 11) is 1.87. The zero-order valence-corrected chi connectivity index (χ0v) is 16.2. The van der Waals surface area contributed by atoms with Gasteiger partial charge in [-0.2, -0.15) is 5.10 Å². The molecule has 2 aliphatic rings. The summed E-state index contributed by atoms with van der Waals surface area (Å²) in [6.07, 6.45) is 6.58. The molecule has 2 heterocycles. The SMILES string of the molecule is Cn1cc(CCNC(=O)CC2C(=O)NCCN2C2Cc3ccccc3C2)cn1. The first-order chi connectivity index (χ1) is 13.6. The number of hydrogen-bond donors (Lipinski definition) is 2. The van der Waals surface area contributed by atoms with Crippen LogP contribution in [0.4, 0.5) is 0 Å². The van der Waals surface area contributed by atoms with Crippen LogP contribution >= 0.6 is 0 Å². The second-order valence-electron chi connectivity index (χ2n) is 7.70. The predicted octanol–water partition coefficient (Wildman–Crippen LogP) is 0.437. The number of aryl methyl sites for hydroxylation is 1. The molecule has 1 aromatic carbocycles. The number of aromatic nitrogens is 2. The Hall–Kier alpha value is -2.67. The van der Waals surface area contributed by atoms with E-state index < -0.39 is 6.04 Å². The molecule has 0 bridgehead atoms. The number of benzene rings is 1. The van der Waals surface area contributed by atoms with Crippen molar-refractivity contribution in [3.05, 3.63) is 53.3 Å². The standard InChI is InChI=1S/C21H27N5O2/c1-25-14-15(13-24-25)6-7-22-20(27)12-19-21(28)23-8-9-26(19)18-10-16-4-2-3-5-17(16)11-18/h2-5,13-14,18-19H,6-12H2,1H3,(H,22,27)(H,23,28). The van der Waals surface area contributed by atoms with E-state index in [1.165, 1.54) is 11.1 Å². The summed E-state index contributed by atoms with van der Waals surface area (Å²) in [4.78, 5) is 27.3. The molecule has 148 valence electrons. The highest BCUT2D eigenvalue weighted by Crippen LogP contribution is 2.28. The molecule has 0 saturated carbocycles. The van der Waals surface area contributed by atoms with Crippen LogP contribution in [0.25, 0.3) is 0 Å². The number of carbonyl (C=O) groups is 2. The molecule has 1 aliphatic heterocycles. The van der Waals surface area contributed by atoms with Gasteiger partial charge in [0.25, 0.3) is 0 Å². The molecule has 1 atom stereocenters. The first kappa shape index (κ1) is 18.7. The van der Waals surface area contributed by atoms with Gasteiger partial charge >= 0.3 is 0 Å². The molecule has 2 amide bonds. The number of hydrogen-bond acceptors (Lipinski definition) is 4. The Morgan fingerprint density at radius 3 is 2.71 bits per heavy atom. The number of rotatable bonds is 6. The van der Waals surface area contributed by atoms with Gasteiger partial charge in [-0.25, -0.2) is 0 Å². The zero-order valence-electron chi connectivity index (χ0n) is 16.2. The van der Waals surface area contributed by atoms with Crippen LogP contribution in [0.3, 0.4) is 0 Å². The zero-order chi connectivity index (χ0) is 19.5. The van der Waals surface area contributed by atoms with Crippen LogP contribution in [0.5, 0.6) is 0 Å². The smallest absolute Gasteiger partial charge is 0.237 e. The Labute approximate surface area is 165 Å². The molecule has 7 heteroatoms. The first-order valence-corrected chi connectivity index (χ1v) is 9.94. The van der Waals surface area contributed by atoms with Crippen molar-refractivity contribution < 1.29 is 9.59 Å². The fourth-order valence-electron chi connectivity index (χ4n) is 4.34. The Bertz CT molecular complexity index is 837. The van der Waals surface area contributed by atoms with Crippen molar-refractivity contribution in [1.29, 1.82) is 0 Å². The molecular weight excluding hydrogens is 354 g/mol. The molecule has 1 fully saturated rings. The molecule has 2 N–H and O–H groups in total. The van der Waals surface area contributed by atoms with Crippen LogP contribution < -0.4 is 10.6 Å². The fraction of sp³-hybridized carbons (Fsp3) is 0.476. The molecule has 2 aromatic rings. The minimum absolute atomic E-state index is 0.0374. The van der Waals surface area contributed by atoms with Gasteiger partial charge in [0.15, 0.2) is 0 Å². The summed E-state index contributed by atoms with van der Waals surface area (Å²) in [6, 6.07) is 8.36. The Kier molecular flexibility index (Phi) is 5.43. The molecule has 4 rings (SSSR count).